The van der Waals surface area contributed by atoms with Crippen LogP contribution in [0.3, 0.4) is 0 Å². The molecule has 0 unspecified atom stereocenters. The van der Waals surface area contributed by atoms with Gasteiger partial charge in [-0.3, -0.25) is 10.1 Å². The minimum absolute atomic E-state index is 0.0393. The number of rotatable bonds is 4. The average Bonchev–Trinajstić information content (AvgIpc) is 2.75. The molecule has 0 fully saturated rings. The third-order valence-electron chi connectivity index (χ3n) is 3.64. The van der Waals surface area contributed by atoms with Gasteiger partial charge in [0.05, 0.1) is 5.69 Å². The predicted octanol–water partition coefficient (Wildman–Crippen LogP) is 4.27. The Kier molecular flexibility index (Phi) is 4.85. The van der Waals surface area contributed by atoms with Gasteiger partial charge in [-0.05, 0) is 43.9 Å². The van der Waals surface area contributed by atoms with Gasteiger partial charge in [-0.25, -0.2) is 4.98 Å². The molecule has 122 valence electrons. The van der Waals surface area contributed by atoms with E-state index in [0.29, 0.717) is 5.13 Å². The van der Waals surface area contributed by atoms with E-state index in [1.807, 2.05) is 0 Å². The van der Waals surface area contributed by atoms with Gasteiger partial charge < -0.3 is 4.74 Å². The van der Waals surface area contributed by atoms with Crippen LogP contribution in [0.1, 0.15) is 40.2 Å². The molecule has 1 aliphatic carbocycles. The smallest absolute Gasteiger partial charge is 0.387 e. The normalized spacial score (nSPS) is 14.2. The maximum Gasteiger partial charge on any atom is 0.387 e. The van der Waals surface area contributed by atoms with Crippen molar-refractivity contribution in [3.05, 3.63) is 40.4 Å². The standard InChI is InChI=1S/C16H16F2N2O2S/c17-15(18)22-11-6-4-5-10(9-11)14(21)20-16-19-12-7-2-1-3-8-13(12)23-16/h4-6,9,15H,1-3,7-8H2,(H,19,20,21). The van der Waals surface area contributed by atoms with Gasteiger partial charge in [-0.2, -0.15) is 8.78 Å². The van der Waals surface area contributed by atoms with Crippen LogP contribution < -0.4 is 10.1 Å². The number of aryl methyl sites for hydroxylation is 2. The molecule has 23 heavy (non-hydrogen) atoms. The summed E-state index contributed by atoms with van der Waals surface area (Å²) in [6, 6.07) is 5.73. The number of carbonyl (C=O) groups is 1. The maximum atomic E-state index is 12.2. The van der Waals surface area contributed by atoms with E-state index in [4.69, 9.17) is 0 Å². The molecular weight excluding hydrogens is 322 g/mol. The quantitative estimate of drug-likeness (QED) is 0.847. The highest BCUT2D eigenvalue weighted by molar-refractivity contribution is 7.15. The molecule has 2 aromatic rings. The van der Waals surface area contributed by atoms with Gasteiger partial charge in [0.2, 0.25) is 0 Å². The number of alkyl halides is 2. The summed E-state index contributed by atoms with van der Waals surface area (Å²) in [5, 5.41) is 3.30. The molecule has 1 amide bonds. The molecular formula is C16H16F2N2O2S. The summed E-state index contributed by atoms with van der Waals surface area (Å²) in [7, 11) is 0. The molecule has 0 radical (unpaired) electrons. The summed E-state index contributed by atoms with van der Waals surface area (Å²) in [5.74, 6) is -0.420. The Balaban J connectivity index is 1.72. The van der Waals surface area contributed by atoms with Crippen molar-refractivity contribution >= 4 is 22.4 Å². The lowest BCUT2D eigenvalue weighted by Crippen LogP contribution is -2.12. The molecule has 7 heteroatoms. The number of benzene rings is 1. The molecule has 0 spiro atoms. The van der Waals surface area contributed by atoms with Gasteiger partial charge in [0, 0.05) is 10.4 Å². The summed E-state index contributed by atoms with van der Waals surface area (Å²) in [4.78, 5) is 18.0. The molecule has 1 heterocycles. The monoisotopic (exact) mass is 338 g/mol. The van der Waals surface area contributed by atoms with Gasteiger partial charge in [-0.1, -0.05) is 12.5 Å². The van der Waals surface area contributed by atoms with Crippen LogP contribution >= 0.6 is 11.3 Å². The highest BCUT2D eigenvalue weighted by Crippen LogP contribution is 2.29. The van der Waals surface area contributed by atoms with Gasteiger partial charge in [-0.15, -0.1) is 11.3 Å². The summed E-state index contributed by atoms with van der Waals surface area (Å²) < 4.78 is 28.8. The number of aromatic nitrogens is 1. The lowest BCUT2D eigenvalue weighted by Gasteiger charge is -2.06. The van der Waals surface area contributed by atoms with Crippen LogP contribution in [0, 0.1) is 0 Å². The number of hydrogen-bond acceptors (Lipinski definition) is 4. The lowest BCUT2D eigenvalue weighted by atomic mass is 10.2. The zero-order valence-corrected chi connectivity index (χ0v) is 13.2. The molecule has 4 nitrogen and oxygen atoms in total. The fourth-order valence-corrected chi connectivity index (χ4v) is 3.61. The first kappa shape index (κ1) is 15.9. The van der Waals surface area contributed by atoms with Crippen LogP contribution in [0.25, 0.3) is 0 Å². The number of nitrogens with one attached hydrogen (secondary N) is 1. The van der Waals surface area contributed by atoms with E-state index >= 15 is 0 Å². The van der Waals surface area contributed by atoms with E-state index in [1.54, 1.807) is 6.07 Å². The number of halogens is 2. The second-order valence-electron chi connectivity index (χ2n) is 5.31. The minimum atomic E-state index is -2.91. The zero-order valence-electron chi connectivity index (χ0n) is 12.4. The SMILES string of the molecule is O=C(Nc1nc2c(s1)CCCCC2)c1cccc(OC(F)F)c1. The van der Waals surface area contributed by atoms with Crippen molar-refractivity contribution in [3.63, 3.8) is 0 Å². The first-order chi connectivity index (χ1) is 11.1. The largest absolute Gasteiger partial charge is 0.435 e. The molecule has 1 aromatic heterocycles. The molecule has 0 aliphatic heterocycles. The van der Waals surface area contributed by atoms with Crippen LogP contribution in [0.4, 0.5) is 13.9 Å². The Labute approximate surface area is 136 Å². The second-order valence-corrected chi connectivity index (χ2v) is 6.39. The summed E-state index contributed by atoms with van der Waals surface area (Å²) in [5.41, 5.74) is 1.33. The number of hydrogen-bond donors (Lipinski definition) is 1. The highest BCUT2D eigenvalue weighted by atomic mass is 32.1. The Hall–Kier alpha value is -2.02. The molecule has 0 bridgehead atoms. The van der Waals surface area contributed by atoms with Crippen molar-refractivity contribution in [2.75, 3.05) is 5.32 Å². The third kappa shape index (κ3) is 4.04. The van der Waals surface area contributed by atoms with Crippen LogP contribution in [0.2, 0.25) is 0 Å². The Morgan fingerprint density at radius 3 is 2.91 bits per heavy atom. The summed E-state index contributed by atoms with van der Waals surface area (Å²) in [6.07, 6.45) is 5.43. The topological polar surface area (TPSA) is 51.2 Å². The Bertz CT molecular complexity index is 680. The van der Waals surface area contributed by atoms with E-state index in [2.05, 4.69) is 15.0 Å². The second kappa shape index (κ2) is 7.04. The van der Waals surface area contributed by atoms with Crippen molar-refractivity contribution in [1.82, 2.24) is 4.98 Å². The average molecular weight is 338 g/mol. The van der Waals surface area contributed by atoms with Crippen molar-refractivity contribution in [2.45, 2.75) is 38.7 Å². The van der Waals surface area contributed by atoms with Gasteiger partial charge in [0.25, 0.3) is 5.91 Å². The van der Waals surface area contributed by atoms with Crippen molar-refractivity contribution in [2.24, 2.45) is 0 Å². The lowest BCUT2D eigenvalue weighted by molar-refractivity contribution is -0.0498. The molecule has 0 saturated carbocycles. The molecule has 0 saturated heterocycles. The Morgan fingerprint density at radius 2 is 2.09 bits per heavy atom. The third-order valence-corrected chi connectivity index (χ3v) is 4.71. The minimum Gasteiger partial charge on any atom is -0.435 e. The molecule has 1 aliphatic rings. The number of carbonyl (C=O) groups excluding carboxylic acids is 1. The maximum absolute atomic E-state index is 12.2. The molecule has 0 atom stereocenters. The molecule has 1 N–H and O–H groups in total. The van der Waals surface area contributed by atoms with Gasteiger partial charge in [0.1, 0.15) is 5.75 Å². The van der Waals surface area contributed by atoms with Crippen LogP contribution in [0.15, 0.2) is 24.3 Å². The number of amides is 1. The summed E-state index contributed by atoms with van der Waals surface area (Å²) >= 11 is 1.49. The molecule has 1 aromatic carbocycles. The van der Waals surface area contributed by atoms with E-state index in [0.717, 1.165) is 31.4 Å². The predicted molar refractivity (Wildman–Crippen MR) is 84.4 cm³/mol. The van der Waals surface area contributed by atoms with Crippen molar-refractivity contribution in [1.29, 1.82) is 0 Å². The first-order valence-corrected chi connectivity index (χ1v) is 8.28. The van der Waals surface area contributed by atoms with Crippen LogP contribution in [0.5, 0.6) is 5.75 Å². The zero-order chi connectivity index (χ0) is 16.2. The van der Waals surface area contributed by atoms with E-state index < -0.39 is 6.61 Å². The highest BCUT2D eigenvalue weighted by Gasteiger charge is 2.16. The van der Waals surface area contributed by atoms with Crippen molar-refractivity contribution in [3.8, 4) is 5.75 Å². The van der Waals surface area contributed by atoms with Crippen LogP contribution in [-0.2, 0) is 12.8 Å². The van der Waals surface area contributed by atoms with Gasteiger partial charge in [0.15, 0.2) is 5.13 Å². The number of anilines is 1. The fraction of sp³-hybridized carbons (Fsp3) is 0.375. The molecule has 3 rings (SSSR count). The van der Waals surface area contributed by atoms with E-state index in [1.165, 1.54) is 40.8 Å². The fourth-order valence-electron chi connectivity index (χ4n) is 2.57. The number of nitrogens with zero attached hydrogens (tertiary/aromatic N) is 1. The van der Waals surface area contributed by atoms with E-state index in [9.17, 15) is 13.6 Å². The van der Waals surface area contributed by atoms with Crippen LogP contribution in [-0.4, -0.2) is 17.5 Å². The number of fused-ring (bicyclic) bond motifs is 1. The van der Waals surface area contributed by atoms with E-state index in [-0.39, 0.29) is 17.2 Å². The first-order valence-electron chi connectivity index (χ1n) is 7.46. The number of ether oxygens (including phenoxy) is 1. The Morgan fingerprint density at radius 1 is 1.26 bits per heavy atom. The van der Waals surface area contributed by atoms with Crippen molar-refractivity contribution < 1.29 is 18.3 Å². The number of thiazole rings is 1. The van der Waals surface area contributed by atoms with Gasteiger partial charge >= 0.3 is 6.61 Å². The summed E-state index contributed by atoms with van der Waals surface area (Å²) in [6.45, 7) is -2.91.